The first-order chi connectivity index (χ1) is 15.1. The topological polar surface area (TPSA) is 81.7 Å². The molecule has 0 amide bonds. The molecule has 9 heteroatoms. The molecule has 0 radical (unpaired) electrons. The summed E-state index contributed by atoms with van der Waals surface area (Å²) in [6.07, 6.45) is 0.709. The number of benzene rings is 1. The predicted octanol–water partition coefficient (Wildman–Crippen LogP) is 4.86. The molecule has 2 aliphatic heterocycles. The van der Waals surface area contributed by atoms with Gasteiger partial charge in [-0.05, 0) is 46.6 Å². The standard InChI is InChI=1S/C23H37O8P/c1-18-21(31-22(2,3)12-14-25-18)11-13-27-32(24,28-15-19-9-7-6-8-10-19)29-17-20-16-26-23(4,5)30-20/h6-10,18,20-21H,11-17H2,1-5H3/t18-,20+,21+,32?/m1/s1. The highest BCUT2D eigenvalue weighted by atomic mass is 31.2. The summed E-state index contributed by atoms with van der Waals surface area (Å²) in [5.41, 5.74) is 0.587. The van der Waals surface area contributed by atoms with Gasteiger partial charge in [-0.15, -0.1) is 0 Å². The zero-order valence-electron chi connectivity index (χ0n) is 19.8. The third-order valence-electron chi connectivity index (χ3n) is 5.45. The molecule has 1 aromatic rings. The van der Waals surface area contributed by atoms with E-state index in [0.717, 1.165) is 12.0 Å². The van der Waals surface area contributed by atoms with Crippen LogP contribution in [0, 0.1) is 0 Å². The lowest BCUT2D eigenvalue weighted by Crippen LogP contribution is -2.34. The van der Waals surface area contributed by atoms with Crippen LogP contribution in [0.5, 0.6) is 0 Å². The number of ether oxygens (including phenoxy) is 4. The molecule has 2 aliphatic rings. The van der Waals surface area contributed by atoms with Crippen molar-refractivity contribution in [1.29, 1.82) is 0 Å². The Morgan fingerprint density at radius 2 is 1.81 bits per heavy atom. The Morgan fingerprint density at radius 3 is 2.50 bits per heavy atom. The lowest BCUT2D eigenvalue weighted by Gasteiger charge is -2.29. The first-order valence-electron chi connectivity index (χ1n) is 11.2. The maximum Gasteiger partial charge on any atom is 0.475 e. The van der Waals surface area contributed by atoms with Crippen LogP contribution in [0.1, 0.15) is 53.0 Å². The highest BCUT2D eigenvalue weighted by molar-refractivity contribution is 7.48. The van der Waals surface area contributed by atoms with Crippen molar-refractivity contribution in [1.82, 2.24) is 0 Å². The Morgan fingerprint density at radius 1 is 1.06 bits per heavy atom. The molecule has 0 N–H and O–H groups in total. The van der Waals surface area contributed by atoms with Gasteiger partial charge in [0.1, 0.15) is 6.10 Å². The molecule has 4 atom stereocenters. The van der Waals surface area contributed by atoms with Crippen LogP contribution in [0.2, 0.25) is 0 Å². The van der Waals surface area contributed by atoms with E-state index in [9.17, 15) is 4.57 Å². The molecule has 2 saturated heterocycles. The summed E-state index contributed by atoms with van der Waals surface area (Å²) in [5.74, 6) is -0.691. The van der Waals surface area contributed by atoms with Crippen LogP contribution < -0.4 is 0 Å². The van der Waals surface area contributed by atoms with Crippen LogP contribution in [0.15, 0.2) is 30.3 Å². The second-order valence-electron chi connectivity index (χ2n) is 9.32. The third kappa shape index (κ3) is 8.19. The zero-order valence-corrected chi connectivity index (χ0v) is 20.7. The summed E-state index contributed by atoms with van der Waals surface area (Å²) in [7, 11) is -3.84. The average molecular weight is 473 g/mol. The van der Waals surface area contributed by atoms with E-state index < -0.39 is 13.6 Å². The van der Waals surface area contributed by atoms with Gasteiger partial charge in [-0.3, -0.25) is 13.6 Å². The van der Waals surface area contributed by atoms with Crippen molar-refractivity contribution >= 4 is 7.82 Å². The summed E-state index contributed by atoms with van der Waals surface area (Å²) < 4.78 is 53.7. The largest absolute Gasteiger partial charge is 0.475 e. The van der Waals surface area contributed by atoms with E-state index in [1.165, 1.54) is 0 Å². The SMILES string of the molecule is C[C@H]1OCCC(C)(C)O[C@H]1CCOP(=O)(OCc1ccccc1)OC[C@@H]1COC(C)(C)O1. The monoisotopic (exact) mass is 472 g/mol. The Hall–Kier alpha value is -0.830. The molecular weight excluding hydrogens is 435 g/mol. The molecule has 8 nitrogen and oxygen atoms in total. The van der Waals surface area contributed by atoms with Gasteiger partial charge in [-0.2, -0.15) is 0 Å². The van der Waals surface area contributed by atoms with Crippen LogP contribution in [0.4, 0.5) is 0 Å². The quantitative estimate of drug-likeness (QED) is 0.447. The summed E-state index contributed by atoms with van der Waals surface area (Å²) in [5, 5.41) is 0. The summed E-state index contributed by atoms with van der Waals surface area (Å²) in [6.45, 7) is 11.0. The molecule has 0 aliphatic carbocycles. The summed E-state index contributed by atoms with van der Waals surface area (Å²) in [4.78, 5) is 0. The Balaban J connectivity index is 1.57. The molecule has 3 rings (SSSR count). The van der Waals surface area contributed by atoms with E-state index in [1.807, 2.05) is 65.0 Å². The second kappa shape index (κ2) is 11.1. The maximum absolute atomic E-state index is 13.4. The van der Waals surface area contributed by atoms with Gasteiger partial charge in [0.05, 0.1) is 44.2 Å². The van der Waals surface area contributed by atoms with Crippen LogP contribution in [-0.2, 0) is 43.7 Å². The average Bonchev–Trinajstić information content (AvgIpc) is 3.03. The molecule has 2 heterocycles. The van der Waals surface area contributed by atoms with E-state index in [1.54, 1.807) is 0 Å². The molecular formula is C23H37O8P. The molecule has 1 unspecified atom stereocenters. The van der Waals surface area contributed by atoms with E-state index in [0.29, 0.717) is 19.6 Å². The fourth-order valence-electron chi connectivity index (χ4n) is 3.60. The molecule has 182 valence electrons. The zero-order chi connectivity index (χ0) is 23.2. The maximum atomic E-state index is 13.4. The van der Waals surface area contributed by atoms with E-state index >= 15 is 0 Å². The van der Waals surface area contributed by atoms with Crippen LogP contribution in [0.25, 0.3) is 0 Å². The fourth-order valence-corrected chi connectivity index (χ4v) is 4.80. The summed E-state index contributed by atoms with van der Waals surface area (Å²) >= 11 is 0. The number of hydrogen-bond acceptors (Lipinski definition) is 8. The van der Waals surface area contributed by atoms with Gasteiger partial charge < -0.3 is 18.9 Å². The van der Waals surface area contributed by atoms with E-state index in [2.05, 4.69) is 0 Å². The Bertz CT molecular complexity index is 754. The van der Waals surface area contributed by atoms with Crippen LogP contribution in [-0.4, -0.2) is 56.1 Å². The van der Waals surface area contributed by atoms with Gasteiger partial charge in [0, 0.05) is 13.0 Å². The number of hydrogen-bond donors (Lipinski definition) is 0. The summed E-state index contributed by atoms with van der Waals surface area (Å²) in [6, 6.07) is 9.47. The van der Waals surface area contributed by atoms with Crippen LogP contribution in [0.3, 0.4) is 0 Å². The fraction of sp³-hybridized carbons (Fsp3) is 0.739. The minimum Gasteiger partial charge on any atom is -0.376 e. The van der Waals surface area contributed by atoms with Gasteiger partial charge in [-0.1, -0.05) is 30.3 Å². The Labute approximate surface area is 191 Å². The van der Waals surface area contributed by atoms with E-state index in [4.69, 9.17) is 32.5 Å². The molecule has 0 bridgehead atoms. The molecule has 32 heavy (non-hydrogen) atoms. The highest BCUT2D eigenvalue weighted by Crippen LogP contribution is 2.51. The number of rotatable bonds is 10. The van der Waals surface area contributed by atoms with Crippen molar-refractivity contribution in [2.45, 2.75) is 83.8 Å². The van der Waals surface area contributed by atoms with Gasteiger partial charge in [-0.25, -0.2) is 4.57 Å². The lowest BCUT2D eigenvalue weighted by molar-refractivity contribution is -0.142. The molecule has 0 saturated carbocycles. The van der Waals surface area contributed by atoms with Crippen molar-refractivity contribution in [3.63, 3.8) is 0 Å². The minimum atomic E-state index is -3.84. The molecule has 0 aromatic heterocycles. The van der Waals surface area contributed by atoms with Crippen molar-refractivity contribution in [2.75, 3.05) is 26.4 Å². The Kier molecular flexibility index (Phi) is 8.92. The highest BCUT2D eigenvalue weighted by Gasteiger charge is 2.37. The van der Waals surface area contributed by atoms with Crippen molar-refractivity contribution in [3.8, 4) is 0 Å². The van der Waals surface area contributed by atoms with Gasteiger partial charge in [0.15, 0.2) is 5.79 Å². The normalized spacial score (nSPS) is 29.3. The van der Waals surface area contributed by atoms with Crippen LogP contribution >= 0.6 is 7.82 Å². The number of phosphoric acid groups is 1. The minimum absolute atomic E-state index is 0.0436. The number of phosphoric ester groups is 1. The first-order valence-corrected chi connectivity index (χ1v) is 12.7. The lowest BCUT2D eigenvalue weighted by atomic mass is 10.1. The van der Waals surface area contributed by atoms with Gasteiger partial charge >= 0.3 is 7.82 Å². The second-order valence-corrected chi connectivity index (χ2v) is 11.0. The van der Waals surface area contributed by atoms with E-state index in [-0.39, 0.29) is 43.7 Å². The smallest absolute Gasteiger partial charge is 0.376 e. The predicted molar refractivity (Wildman–Crippen MR) is 119 cm³/mol. The molecule has 2 fully saturated rings. The van der Waals surface area contributed by atoms with Crippen molar-refractivity contribution in [3.05, 3.63) is 35.9 Å². The molecule has 0 spiro atoms. The molecule has 1 aromatic carbocycles. The first kappa shape index (κ1) is 25.8. The van der Waals surface area contributed by atoms with Crippen molar-refractivity contribution < 1.29 is 37.1 Å². The third-order valence-corrected chi connectivity index (χ3v) is 6.86. The van der Waals surface area contributed by atoms with Gasteiger partial charge in [0.25, 0.3) is 0 Å². The van der Waals surface area contributed by atoms with Crippen molar-refractivity contribution in [2.24, 2.45) is 0 Å². The van der Waals surface area contributed by atoms with Gasteiger partial charge in [0.2, 0.25) is 0 Å².